The van der Waals surface area contributed by atoms with Crippen molar-refractivity contribution in [1.82, 2.24) is 9.13 Å². The molecule has 0 atom stereocenters. The first-order chi connectivity index (χ1) is 66.4. The molecule has 119 heavy (non-hydrogen) atoms. The van der Waals surface area contributed by atoms with Crippen LogP contribution in [0.4, 0.5) is 34.1 Å². The normalized spacial score (nSPS) is 16.6. The van der Waals surface area contributed by atoms with Crippen molar-refractivity contribution in [2.75, 3.05) is 9.80 Å². The van der Waals surface area contributed by atoms with Crippen molar-refractivity contribution in [3.05, 3.63) is 318 Å². The van der Waals surface area contributed by atoms with Crippen LogP contribution in [0.15, 0.2) is 291 Å². The zero-order chi connectivity index (χ0) is 100. The molecule has 6 aliphatic rings. The maximum absolute atomic E-state index is 10.7. The average Bonchev–Trinajstić information content (AvgIpc) is 1.63. The molecule has 0 saturated heterocycles. The minimum atomic E-state index is -1.61. The highest BCUT2D eigenvalue weighted by Gasteiger charge is 2.55. The first-order valence-corrected chi connectivity index (χ1v) is 40.9. The van der Waals surface area contributed by atoms with Crippen molar-refractivity contribution in [1.29, 1.82) is 0 Å². The van der Waals surface area contributed by atoms with Gasteiger partial charge in [0.1, 0.15) is 23.0 Å². The van der Waals surface area contributed by atoms with Crippen LogP contribution in [0.2, 0.25) is 0 Å². The van der Waals surface area contributed by atoms with Gasteiger partial charge in [0.05, 0.1) is 52.6 Å². The average molecular weight is 1560 g/mol. The molecule has 6 aliphatic heterocycles. The monoisotopic (exact) mass is 1560 g/mol. The van der Waals surface area contributed by atoms with Gasteiger partial charge in [0.25, 0.3) is 20.1 Å². The van der Waals surface area contributed by atoms with Gasteiger partial charge >= 0.3 is 0 Å². The smallest absolute Gasteiger partial charge is 0.261 e. The number of aromatic nitrogens is 2. The Hall–Kier alpha value is -12.7. The molecule has 8 heterocycles. The second-order valence-electron chi connectivity index (χ2n) is 37.9. The minimum Gasteiger partial charge on any atom is -0.459 e. The topological polar surface area (TPSA) is 34.8 Å². The number of rotatable bonds is 6. The molecule has 0 radical (unpaired) electrons. The van der Waals surface area contributed by atoms with Gasteiger partial charge < -0.3 is 28.4 Å². The summed E-state index contributed by atoms with van der Waals surface area (Å²) in [6.45, 7) is 27.6. The number of ether oxygens (including phenoxy) is 2. The van der Waals surface area contributed by atoms with Crippen LogP contribution in [0.1, 0.15) is 162 Å². The molecule has 0 unspecified atom stereocenters. The van der Waals surface area contributed by atoms with E-state index in [1.807, 2.05) is 48.5 Å². The van der Waals surface area contributed by atoms with E-state index in [2.05, 4.69) is 223 Å². The number of hydrogen-bond acceptors (Lipinski definition) is 4. The van der Waals surface area contributed by atoms with Crippen LogP contribution in [0.3, 0.4) is 0 Å². The maximum atomic E-state index is 10.7. The van der Waals surface area contributed by atoms with Crippen molar-refractivity contribution in [3.8, 4) is 78.9 Å². The Morgan fingerprint density at radius 3 is 1.00 bits per heavy atom. The Kier molecular flexibility index (Phi) is 10.9. The van der Waals surface area contributed by atoms with Gasteiger partial charge in [-0.05, 0) is 199 Å². The van der Waals surface area contributed by atoms with Gasteiger partial charge in [-0.25, -0.2) is 0 Å². The maximum Gasteiger partial charge on any atom is 0.261 e. The number of nitrogens with zero attached hydrogens (tertiary/aromatic N) is 4. The molecule has 0 aliphatic carbocycles. The summed E-state index contributed by atoms with van der Waals surface area (Å²) in [4.78, 5) is 4.46. The fourth-order valence-electron chi connectivity index (χ4n) is 19.7. The molecule has 17 aromatic rings. The van der Waals surface area contributed by atoms with Crippen LogP contribution in [0.25, 0.3) is 99.5 Å². The minimum absolute atomic E-state index is 0.00208. The third-order valence-electron chi connectivity index (χ3n) is 25.6. The molecule has 0 amide bonds. The lowest BCUT2D eigenvalue weighted by molar-refractivity contribution is 0.490. The predicted molar refractivity (Wildman–Crippen MR) is 507 cm³/mol. The summed E-state index contributed by atoms with van der Waals surface area (Å²) in [5, 5.41) is -0.571. The quantitative estimate of drug-likeness (QED) is 0.155. The van der Waals surface area contributed by atoms with E-state index in [0.717, 1.165) is 50.1 Å². The van der Waals surface area contributed by atoms with Gasteiger partial charge in [0.15, 0.2) is 0 Å². The second kappa shape index (κ2) is 24.9. The van der Waals surface area contributed by atoms with Crippen molar-refractivity contribution >= 4 is 147 Å². The summed E-state index contributed by atoms with van der Waals surface area (Å²) in [5.74, 6) is -0.994. The molecular formula is C110H93B3N4O2. The molecule has 15 aromatic carbocycles. The van der Waals surface area contributed by atoms with E-state index in [0.29, 0.717) is 50.5 Å². The summed E-state index contributed by atoms with van der Waals surface area (Å²) < 4.78 is 242. The lowest BCUT2D eigenvalue weighted by Crippen LogP contribution is -2.67. The Balaban J connectivity index is 1.04. The molecule has 0 saturated carbocycles. The molecule has 0 spiro atoms. The van der Waals surface area contributed by atoms with Crippen molar-refractivity contribution in [2.24, 2.45) is 0 Å². The van der Waals surface area contributed by atoms with Crippen LogP contribution in [-0.4, -0.2) is 29.3 Å². The fourth-order valence-corrected chi connectivity index (χ4v) is 19.7. The molecule has 574 valence electrons. The zero-order valence-electron chi connectivity index (χ0n) is 90.8. The first kappa shape index (κ1) is 52.2. The van der Waals surface area contributed by atoms with E-state index >= 15 is 0 Å². The Morgan fingerprint density at radius 1 is 0.269 bits per heavy atom. The van der Waals surface area contributed by atoms with Crippen LogP contribution >= 0.6 is 0 Å². The summed E-state index contributed by atoms with van der Waals surface area (Å²) in [6, 6.07) is 40.5. The lowest BCUT2D eigenvalue weighted by atomic mass is 9.28. The molecule has 0 N–H and O–H groups in total. The Morgan fingerprint density at radius 2 is 0.597 bits per heavy atom. The van der Waals surface area contributed by atoms with E-state index in [4.69, 9.17) is 9.47 Å². The second-order valence-corrected chi connectivity index (χ2v) is 37.9. The highest BCUT2D eigenvalue weighted by molar-refractivity contribution is 7.05. The molecule has 0 bridgehead atoms. The van der Waals surface area contributed by atoms with Gasteiger partial charge in [-0.3, -0.25) is 0 Å². The molecule has 23 rings (SSSR count). The van der Waals surface area contributed by atoms with Crippen molar-refractivity contribution in [3.63, 3.8) is 0 Å². The molecule has 6 nitrogen and oxygen atoms in total. The Labute approximate surface area is 730 Å². The standard InChI is InChI=1S/C110H93B3N4O2/c1-106(2,3)68-40-30-38-66(54-68)79-58-70(108(7,8)9)56-77(64-34-18-16-19-35-64)100(79)116-87-60-72(110(13,14)15)61-88-95(87)113(98-91(116)62-89-96-104(98)118-93-52-28-24-46-81(93)111(96)83-48-32-44-75-73-42-22-26-50-85(73)114(89)102(75)83)99-92(117(88)101-78(65-36-20-17-21-37-65)57-71(109(10,11)12)59-80(101)67-39-31-41-69(55-67)107(4,5)6)63-90-97-105(99)119-94-53-29-25-47-82(94)112(97)84-49-33-45-76-74-43-23-27-51-86(74)115(90)103(76)84/h16-63H,1-15H3/i22D,23D,24D,25D,26D,27D,28D,29D,32D,33D,42D,43D,44D,45D,46D,47D,48D,49D,50D,51D,52D,53D. The summed E-state index contributed by atoms with van der Waals surface area (Å²) in [6.07, 6.45) is 0. The van der Waals surface area contributed by atoms with Crippen LogP contribution in [-0.2, 0) is 27.1 Å². The fraction of sp³-hybridized carbons (Fsp3) is 0.182. The van der Waals surface area contributed by atoms with Gasteiger partial charge in [0, 0.05) is 89.0 Å². The largest absolute Gasteiger partial charge is 0.459 e. The third-order valence-corrected chi connectivity index (χ3v) is 25.6. The summed E-state index contributed by atoms with van der Waals surface area (Å²) in [7, 11) is 0. The van der Waals surface area contributed by atoms with Crippen molar-refractivity contribution < 1.29 is 39.6 Å². The van der Waals surface area contributed by atoms with Crippen LogP contribution in [0, 0.1) is 0 Å². The first-order valence-electron chi connectivity index (χ1n) is 51.9. The van der Waals surface area contributed by atoms with E-state index in [9.17, 15) is 30.2 Å². The van der Waals surface area contributed by atoms with Crippen LogP contribution in [0.5, 0.6) is 23.0 Å². The molecule has 2 aromatic heterocycles. The Bertz CT molecular complexity index is 8210. The van der Waals surface area contributed by atoms with E-state index in [1.54, 1.807) is 9.13 Å². The highest BCUT2D eigenvalue weighted by Crippen LogP contribution is 2.58. The SMILES string of the molecule is [2H]c1c([2H])c([2H])c2c(c1[2H])Oc1c3c(cc4c1B2c1c([2H])c([2H])c([2H])c2c5c([2H])c([2H])c([2H])c([2H])c5n-4c12)N(c1c(-c2ccccc2)cc(C(C)(C)C)cc1-c1cccc(C(C)(C)C)c1)c1cc(C(C)(C)C)cc2c1B3c1c(cc3c4c1Oc1c([2H])c([2H])c([2H])c([2H])c1B4c1c([2H])c([2H])c([2H])c4c5c([2H])c([2H])c([2H])c([2H])c5n-3c14)N2c1c(-c2ccccc2)cc(C(C)(C)C)cc1-c1cccc(C(C)(C)C)c1. The highest BCUT2D eigenvalue weighted by atomic mass is 16.5. The van der Waals surface area contributed by atoms with Gasteiger partial charge in [-0.2, -0.15) is 0 Å². The van der Waals surface area contributed by atoms with Gasteiger partial charge in [-0.1, -0.05) is 322 Å². The molecule has 9 heteroatoms. The van der Waals surface area contributed by atoms with Gasteiger partial charge in [-0.15, -0.1) is 0 Å². The summed E-state index contributed by atoms with van der Waals surface area (Å²) in [5.41, 5.74) is 10.9. The van der Waals surface area contributed by atoms with Crippen LogP contribution < -0.4 is 68.4 Å². The zero-order valence-corrected chi connectivity index (χ0v) is 68.8. The molecule has 0 fully saturated rings. The van der Waals surface area contributed by atoms with E-state index < -0.39 is 192 Å². The number of hydrogen-bond donors (Lipinski definition) is 0. The van der Waals surface area contributed by atoms with Gasteiger partial charge in [0.2, 0.25) is 0 Å². The third kappa shape index (κ3) is 10.4. The van der Waals surface area contributed by atoms with E-state index in [1.165, 1.54) is 0 Å². The summed E-state index contributed by atoms with van der Waals surface area (Å²) >= 11 is 0. The number of benzene rings is 15. The lowest BCUT2D eigenvalue weighted by Gasteiger charge is -2.49. The predicted octanol–water partition coefficient (Wildman–Crippen LogP) is 23.0. The molecular weight excluding hydrogens is 1440 g/mol. The number of fused-ring (bicyclic) bond motifs is 20. The number of anilines is 6. The van der Waals surface area contributed by atoms with Crippen molar-refractivity contribution in [2.45, 2.75) is 131 Å². The number of para-hydroxylation sites is 6. The van der Waals surface area contributed by atoms with E-state index in [-0.39, 0.29) is 122 Å².